The number of carbonyl (C=O) groups is 2. The van der Waals surface area contributed by atoms with Crippen molar-refractivity contribution in [3.63, 3.8) is 0 Å². The lowest BCUT2D eigenvalue weighted by molar-refractivity contribution is -0.122. The molecule has 160 valence electrons. The molecule has 0 saturated carbocycles. The van der Waals surface area contributed by atoms with E-state index in [2.05, 4.69) is 27.3 Å². The zero-order valence-electron chi connectivity index (χ0n) is 17.5. The van der Waals surface area contributed by atoms with Crippen LogP contribution >= 0.6 is 0 Å². The van der Waals surface area contributed by atoms with Crippen molar-refractivity contribution in [1.82, 2.24) is 20.1 Å². The third-order valence-corrected chi connectivity index (χ3v) is 5.19. The number of piperazine rings is 1. The van der Waals surface area contributed by atoms with E-state index in [0.29, 0.717) is 51.6 Å². The van der Waals surface area contributed by atoms with Crippen molar-refractivity contribution < 1.29 is 14.3 Å². The number of pyridine rings is 1. The molecule has 2 heterocycles. The Kier molecular flexibility index (Phi) is 8.35. The number of rotatable bonds is 9. The Morgan fingerprint density at radius 2 is 1.80 bits per heavy atom. The molecule has 1 aromatic carbocycles. The standard InChI is InChI=1S/C23H30N4O3/c1-19(20-8-3-2-4-9-20)30-17-7-12-25-22(28)18-26-13-15-27(16-14-26)23(29)21-10-5-6-11-24-21/h2-6,8-11,19H,7,12-18H2,1H3,(H,25,28). The molecule has 1 saturated heterocycles. The zero-order chi connectivity index (χ0) is 21.2. The highest BCUT2D eigenvalue weighted by Gasteiger charge is 2.23. The van der Waals surface area contributed by atoms with Gasteiger partial charge < -0.3 is 15.0 Å². The lowest BCUT2D eigenvalue weighted by Crippen LogP contribution is -2.51. The first-order valence-corrected chi connectivity index (χ1v) is 10.5. The fourth-order valence-electron chi connectivity index (χ4n) is 3.40. The zero-order valence-corrected chi connectivity index (χ0v) is 17.5. The quantitative estimate of drug-likeness (QED) is 0.641. The van der Waals surface area contributed by atoms with Gasteiger partial charge in [0.25, 0.3) is 5.91 Å². The van der Waals surface area contributed by atoms with Gasteiger partial charge in [-0.25, -0.2) is 0 Å². The van der Waals surface area contributed by atoms with Crippen molar-refractivity contribution >= 4 is 11.8 Å². The van der Waals surface area contributed by atoms with Crippen molar-refractivity contribution in [2.24, 2.45) is 0 Å². The summed E-state index contributed by atoms with van der Waals surface area (Å²) < 4.78 is 5.83. The number of nitrogens with zero attached hydrogens (tertiary/aromatic N) is 3. The van der Waals surface area contributed by atoms with Crippen LogP contribution in [0.25, 0.3) is 0 Å². The molecule has 1 aromatic heterocycles. The highest BCUT2D eigenvalue weighted by Crippen LogP contribution is 2.15. The minimum absolute atomic E-state index is 0.00982. The second-order valence-corrected chi connectivity index (χ2v) is 7.41. The summed E-state index contributed by atoms with van der Waals surface area (Å²) in [7, 11) is 0. The van der Waals surface area contributed by atoms with Crippen molar-refractivity contribution in [2.45, 2.75) is 19.4 Å². The molecule has 0 aliphatic carbocycles. The molecule has 1 fully saturated rings. The molecule has 0 radical (unpaired) electrons. The smallest absolute Gasteiger partial charge is 0.272 e. The van der Waals surface area contributed by atoms with E-state index in [1.807, 2.05) is 31.2 Å². The SMILES string of the molecule is CC(OCCCNC(=O)CN1CCN(C(=O)c2ccccn2)CC1)c1ccccc1. The number of carbonyl (C=O) groups excluding carboxylic acids is 2. The van der Waals surface area contributed by atoms with E-state index < -0.39 is 0 Å². The summed E-state index contributed by atoms with van der Waals surface area (Å²) in [6.07, 6.45) is 2.45. The Hall–Kier alpha value is -2.77. The highest BCUT2D eigenvalue weighted by atomic mass is 16.5. The maximum atomic E-state index is 12.4. The van der Waals surface area contributed by atoms with E-state index in [4.69, 9.17) is 4.74 Å². The van der Waals surface area contributed by atoms with Gasteiger partial charge in [-0.05, 0) is 31.0 Å². The molecular weight excluding hydrogens is 380 g/mol. The maximum absolute atomic E-state index is 12.4. The molecule has 7 nitrogen and oxygen atoms in total. The topological polar surface area (TPSA) is 74.8 Å². The van der Waals surface area contributed by atoms with Gasteiger partial charge in [0.15, 0.2) is 0 Å². The summed E-state index contributed by atoms with van der Waals surface area (Å²) in [5.74, 6) is -0.0416. The van der Waals surface area contributed by atoms with Gasteiger partial charge in [-0.15, -0.1) is 0 Å². The molecule has 7 heteroatoms. The lowest BCUT2D eigenvalue weighted by Gasteiger charge is -2.34. The van der Waals surface area contributed by atoms with Crippen LogP contribution in [0.4, 0.5) is 0 Å². The minimum atomic E-state index is -0.0515. The molecule has 0 bridgehead atoms. The van der Waals surface area contributed by atoms with Crippen LogP contribution in [0.1, 0.15) is 35.5 Å². The van der Waals surface area contributed by atoms with Gasteiger partial charge in [-0.2, -0.15) is 0 Å². The van der Waals surface area contributed by atoms with Crippen molar-refractivity contribution in [2.75, 3.05) is 45.9 Å². The largest absolute Gasteiger partial charge is 0.374 e. The van der Waals surface area contributed by atoms with Gasteiger partial charge in [-0.1, -0.05) is 36.4 Å². The molecule has 1 aliphatic rings. The molecule has 3 rings (SSSR count). The number of amides is 2. The molecule has 0 spiro atoms. The fraction of sp³-hybridized carbons (Fsp3) is 0.435. The molecule has 1 aliphatic heterocycles. The van der Waals surface area contributed by atoms with E-state index in [0.717, 1.165) is 12.0 Å². The molecule has 2 amide bonds. The van der Waals surface area contributed by atoms with Crippen LogP contribution in [-0.2, 0) is 9.53 Å². The van der Waals surface area contributed by atoms with Crippen LogP contribution in [0.15, 0.2) is 54.7 Å². The van der Waals surface area contributed by atoms with E-state index in [1.165, 1.54) is 0 Å². The molecular formula is C23H30N4O3. The Labute approximate surface area is 178 Å². The second-order valence-electron chi connectivity index (χ2n) is 7.41. The summed E-state index contributed by atoms with van der Waals surface area (Å²) in [6.45, 7) is 6.16. The van der Waals surface area contributed by atoms with Gasteiger partial charge in [-0.3, -0.25) is 19.5 Å². The monoisotopic (exact) mass is 410 g/mol. The van der Waals surface area contributed by atoms with Crippen LogP contribution in [0.3, 0.4) is 0 Å². The summed E-state index contributed by atoms with van der Waals surface area (Å²) in [6, 6.07) is 15.4. The van der Waals surface area contributed by atoms with Crippen molar-refractivity contribution in [3.05, 3.63) is 66.0 Å². The number of hydrogen-bond acceptors (Lipinski definition) is 5. The summed E-state index contributed by atoms with van der Waals surface area (Å²) in [5, 5.41) is 2.95. The number of benzene rings is 1. The summed E-state index contributed by atoms with van der Waals surface area (Å²) in [5.41, 5.74) is 1.62. The average molecular weight is 411 g/mol. The lowest BCUT2D eigenvalue weighted by atomic mass is 10.1. The maximum Gasteiger partial charge on any atom is 0.272 e. The molecule has 1 N–H and O–H groups in total. The Balaban J connectivity index is 1.27. The third-order valence-electron chi connectivity index (χ3n) is 5.19. The first kappa shape index (κ1) is 21.9. The number of nitrogens with one attached hydrogen (secondary N) is 1. The summed E-state index contributed by atoms with van der Waals surface area (Å²) in [4.78, 5) is 32.6. The minimum Gasteiger partial charge on any atom is -0.374 e. The van der Waals surface area contributed by atoms with E-state index in [-0.39, 0.29) is 17.9 Å². The third kappa shape index (κ3) is 6.64. The number of hydrogen-bond donors (Lipinski definition) is 1. The van der Waals surface area contributed by atoms with Gasteiger partial charge in [0.05, 0.1) is 12.6 Å². The van der Waals surface area contributed by atoms with E-state index in [9.17, 15) is 9.59 Å². The van der Waals surface area contributed by atoms with Crippen LogP contribution in [0.2, 0.25) is 0 Å². The van der Waals surface area contributed by atoms with Gasteiger partial charge in [0.2, 0.25) is 5.91 Å². The number of ether oxygens (including phenoxy) is 1. The predicted octanol–water partition coefficient (Wildman–Crippen LogP) is 2.12. The molecule has 2 aromatic rings. The van der Waals surface area contributed by atoms with Crippen molar-refractivity contribution in [1.29, 1.82) is 0 Å². The van der Waals surface area contributed by atoms with Gasteiger partial charge in [0, 0.05) is 45.5 Å². The fourth-order valence-corrected chi connectivity index (χ4v) is 3.40. The highest BCUT2D eigenvalue weighted by molar-refractivity contribution is 5.92. The Bertz CT molecular complexity index is 793. The molecule has 30 heavy (non-hydrogen) atoms. The Morgan fingerprint density at radius 3 is 2.50 bits per heavy atom. The van der Waals surface area contributed by atoms with Crippen molar-refractivity contribution in [3.8, 4) is 0 Å². The first-order valence-electron chi connectivity index (χ1n) is 10.5. The van der Waals surface area contributed by atoms with E-state index >= 15 is 0 Å². The van der Waals surface area contributed by atoms with Gasteiger partial charge >= 0.3 is 0 Å². The predicted molar refractivity (Wildman–Crippen MR) is 115 cm³/mol. The Morgan fingerprint density at radius 1 is 1.07 bits per heavy atom. The van der Waals surface area contributed by atoms with E-state index in [1.54, 1.807) is 23.2 Å². The normalized spacial score (nSPS) is 15.6. The van der Waals surface area contributed by atoms with Crippen LogP contribution in [-0.4, -0.2) is 72.5 Å². The molecule has 1 atom stereocenters. The second kappa shape index (κ2) is 11.4. The van der Waals surface area contributed by atoms with Crippen LogP contribution in [0.5, 0.6) is 0 Å². The number of aromatic nitrogens is 1. The van der Waals surface area contributed by atoms with Crippen LogP contribution in [0, 0.1) is 0 Å². The summed E-state index contributed by atoms with van der Waals surface area (Å²) >= 11 is 0. The first-order chi connectivity index (χ1) is 14.6. The molecule has 1 unspecified atom stereocenters. The van der Waals surface area contributed by atoms with Gasteiger partial charge in [0.1, 0.15) is 5.69 Å². The average Bonchev–Trinajstić information content (AvgIpc) is 2.80. The van der Waals surface area contributed by atoms with Crippen LogP contribution < -0.4 is 5.32 Å².